The van der Waals surface area contributed by atoms with E-state index in [1.807, 2.05) is 0 Å². The zero-order chi connectivity index (χ0) is 12.9. The van der Waals surface area contributed by atoms with Gasteiger partial charge in [-0.2, -0.15) is 12.6 Å². The quantitative estimate of drug-likeness (QED) is 0.575. The largest absolute Gasteiger partial charge is 0.207 e. The lowest BCUT2D eigenvalue weighted by Crippen LogP contribution is -2.24. The molecule has 0 atom stereocenters. The fourth-order valence-electron chi connectivity index (χ4n) is 1.55. The maximum Gasteiger partial charge on any atom is 0.139 e. The normalized spacial score (nSPS) is 11.8. The van der Waals surface area contributed by atoms with E-state index in [4.69, 9.17) is 0 Å². The van der Waals surface area contributed by atoms with Crippen LogP contribution < -0.4 is 0 Å². The first-order valence-electron chi connectivity index (χ1n) is 5.75. The van der Waals surface area contributed by atoms with Gasteiger partial charge in [0.1, 0.15) is 11.6 Å². The second kappa shape index (κ2) is 6.64. The molecule has 0 unspecified atom stereocenters. The summed E-state index contributed by atoms with van der Waals surface area (Å²) in [6.45, 7) is 4.25. The summed E-state index contributed by atoms with van der Waals surface area (Å²) >= 11 is 5.83. The predicted octanol–water partition coefficient (Wildman–Crippen LogP) is 4.79. The lowest BCUT2D eigenvalue weighted by Gasteiger charge is -2.29. The summed E-state index contributed by atoms with van der Waals surface area (Å²) in [5, 5.41) is 0. The van der Waals surface area contributed by atoms with Gasteiger partial charge in [-0.3, -0.25) is 0 Å². The van der Waals surface area contributed by atoms with Crippen molar-refractivity contribution in [3.05, 3.63) is 29.8 Å². The molecule has 1 aromatic carbocycles. The first-order chi connectivity index (χ1) is 8.06. The average Bonchev–Trinajstić information content (AvgIpc) is 2.33. The molecule has 1 rings (SSSR count). The number of hydrogen-bond acceptors (Lipinski definition) is 2. The molecule has 0 bridgehead atoms. The van der Waals surface area contributed by atoms with Crippen LogP contribution in [0.15, 0.2) is 23.1 Å². The fraction of sp³-hybridized carbons (Fsp3) is 0.538. The Hall–Kier alpha value is -0.220. The van der Waals surface area contributed by atoms with Crippen LogP contribution >= 0.6 is 24.4 Å². The fourth-order valence-corrected chi connectivity index (χ4v) is 3.59. The first-order valence-corrected chi connectivity index (χ1v) is 7.37. The maximum atomic E-state index is 13.5. The molecule has 0 saturated carbocycles. The van der Waals surface area contributed by atoms with Crippen LogP contribution in [0.4, 0.5) is 8.78 Å². The van der Waals surface area contributed by atoms with Crippen molar-refractivity contribution in [2.45, 2.75) is 31.6 Å². The van der Waals surface area contributed by atoms with Gasteiger partial charge in [0.05, 0.1) is 0 Å². The van der Waals surface area contributed by atoms with Crippen molar-refractivity contribution in [1.82, 2.24) is 0 Å². The number of rotatable bonds is 6. The summed E-state index contributed by atoms with van der Waals surface area (Å²) < 4.78 is 26.2. The van der Waals surface area contributed by atoms with Crippen LogP contribution in [0.25, 0.3) is 0 Å². The lowest BCUT2D eigenvalue weighted by molar-refractivity contribution is 0.357. The highest BCUT2D eigenvalue weighted by molar-refractivity contribution is 7.99. The molecule has 0 heterocycles. The molecule has 0 aromatic heterocycles. The third kappa shape index (κ3) is 3.88. The minimum absolute atomic E-state index is 0.134. The second-order valence-electron chi connectivity index (χ2n) is 4.23. The number of benzene rings is 1. The molecule has 0 amide bonds. The van der Waals surface area contributed by atoms with Gasteiger partial charge in [0.2, 0.25) is 0 Å². The summed E-state index contributed by atoms with van der Waals surface area (Å²) in [7, 11) is 0. The summed E-state index contributed by atoms with van der Waals surface area (Å²) in [5.41, 5.74) is 0.134. The monoisotopic (exact) mass is 276 g/mol. The molecule has 0 fully saturated rings. The van der Waals surface area contributed by atoms with Crippen LogP contribution in [-0.4, -0.2) is 11.5 Å². The van der Waals surface area contributed by atoms with Gasteiger partial charge in [-0.1, -0.05) is 13.8 Å². The standard InChI is InChI=1S/C13H18F2S2/c1-3-13(4-2,8-16)9-17-12-6-5-10(14)7-11(12)15/h5-7,16H,3-4,8-9H2,1-2H3. The number of halogens is 2. The van der Waals surface area contributed by atoms with E-state index in [1.54, 1.807) is 0 Å². The highest BCUT2D eigenvalue weighted by Gasteiger charge is 2.25. The average molecular weight is 276 g/mol. The van der Waals surface area contributed by atoms with E-state index >= 15 is 0 Å². The van der Waals surface area contributed by atoms with Crippen LogP contribution in [0.2, 0.25) is 0 Å². The number of hydrogen-bond donors (Lipinski definition) is 1. The Morgan fingerprint density at radius 1 is 1.24 bits per heavy atom. The Kier molecular flexibility index (Phi) is 5.80. The van der Waals surface area contributed by atoms with Crippen molar-refractivity contribution >= 4 is 24.4 Å². The third-order valence-electron chi connectivity index (χ3n) is 3.26. The van der Waals surface area contributed by atoms with E-state index < -0.39 is 11.6 Å². The minimum Gasteiger partial charge on any atom is -0.207 e. The molecule has 0 saturated heterocycles. The zero-order valence-electron chi connectivity index (χ0n) is 10.2. The SMILES string of the molecule is CCC(CC)(CS)CSc1ccc(F)cc1F. The van der Waals surface area contributed by atoms with Crippen molar-refractivity contribution < 1.29 is 8.78 Å². The molecular formula is C13H18F2S2. The topological polar surface area (TPSA) is 0 Å². The van der Waals surface area contributed by atoms with E-state index in [2.05, 4.69) is 26.5 Å². The van der Waals surface area contributed by atoms with Gasteiger partial charge in [-0.05, 0) is 36.1 Å². The second-order valence-corrected chi connectivity index (χ2v) is 5.56. The Balaban J connectivity index is 2.72. The van der Waals surface area contributed by atoms with Crippen LogP contribution in [0.5, 0.6) is 0 Å². The molecule has 1 aromatic rings. The van der Waals surface area contributed by atoms with Gasteiger partial charge in [0.25, 0.3) is 0 Å². The molecule has 0 aliphatic rings. The smallest absolute Gasteiger partial charge is 0.139 e. The Bertz CT molecular complexity index is 354. The van der Waals surface area contributed by atoms with Crippen LogP contribution in [0.3, 0.4) is 0 Å². The van der Waals surface area contributed by atoms with E-state index in [0.29, 0.717) is 4.90 Å². The molecule has 0 aliphatic carbocycles. The highest BCUT2D eigenvalue weighted by atomic mass is 32.2. The molecule has 0 N–H and O–H groups in total. The molecule has 96 valence electrons. The Morgan fingerprint density at radius 2 is 1.88 bits per heavy atom. The summed E-state index contributed by atoms with van der Waals surface area (Å²) in [6, 6.07) is 3.73. The lowest BCUT2D eigenvalue weighted by atomic mass is 9.87. The van der Waals surface area contributed by atoms with Gasteiger partial charge < -0.3 is 0 Å². The van der Waals surface area contributed by atoms with E-state index in [0.717, 1.165) is 30.4 Å². The molecule has 0 nitrogen and oxygen atoms in total. The van der Waals surface area contributed by atoms with Crippen molar-refractivity contribution in [1.29, 1.82) is 0 Å². The summed E-state index contributed by atoms with van der Waals surface area (Å²) in [6.07, 6.45) is 2.03. The first kappa shape index (κ1) is 14.8. The van der Waals surface area contributed by atoms with E-state index in [-0.39, 0.29) is 5.41 Å². The molecule has 0 radical (unpaired) electrons. The molecular weight excluding hydrogens is 258 g/mol. The number of thiol groups is 1. The summed E-state index contributed by atoms with van der Waals surface area (Å²) in [4.78, 5) is 0.513. The van der Waals surface area contributed by atoms with Crippen molar-refractivity contribution in [3.8, 4) is 0 Å². The van der Waals surface area contributed by atoms with Crippen molar-refractivity contribution in [3.63, 3.8) is 0 Å². The van der Waals surface area contributed by atoms with Gasteiger partial charge in [0.15, 0.2) is 0 Å². The molecule has 4 heteroatoms. The Labute approximate surface area is 112 Å². The Morgan fingerprint density at radius 3 is 2.35 bits per heavy atom. The van der Waals surface area contributed by atoms with Gasteiger partial charge in [-0.15, -0.1) is 11.8 Å². The van der Waals surface area contributed by atoms with Crippen molar-refractivity contribution in [2.75, 3.05) is 11.5 Å². The number of thioether (sulfide) groups is 1. The molecule has 0 spiro atoms. The van der Waals surface area contributed by atoms with Gasteiger partial charge in [-0.25, -0.2) is 8.78 Å². The van der Waals surface area contributed by atoms with E-state index in [9.17, 15) is 8.78 Å². The molecule has 0 aliphatic heterocycles. The maximum absolute atomic E-state index is 13.5. The predicted molar refractivity (Wildman–Crippen MR) is 74.0 cm³/mol. The van der Waals surface area contributed by atoms with Crippen LogP contribution in [0, 0.1) is 17.0 Å². The van der Waals surface area contributed by atoms with Crippen LogP contribution in [0.1, 0.15) is 26.7 Å². The highest BCUT2D eigenvalue weighted by Crippen LogP contribution is 2.35. The van der Waals surface area contributed by atoms with Gasteiger partial charge >= 0.3 is 0 Å². The molecule has 17 heavy (non-hydrogen) atoms. The van der Waals surface area contributed by atoms with E-state index in [1.165, 1.54) is 23.9 Å². The summed E-state index contributed by atoms with van der Waals surface area (Å²) in [5.74, 6) is 0.593. The third-order valence-corrected chi connectivity index (χ3v) is 5.33. The van der Waals surface area contributed by atoms with Crippen LogP contribution in [-0.2, 0) is 0 Å². The zero-order valence-corrected chi connectivity index (χ0v) is 11.9. The van der Waals surface area contributed by atoms with Crippen molar-refractivity contribution in [2.24, 2.45) is 5.41 Å². The van der Waals surface area contributed by atoms with Gasteiger partial charge in [0, 0.05) is 16.7 Å². The minimum atomic E-state index is -0.529.